The van der Waals surface area contributed by atoms with Crippen molar-refractivity contribution in [3.63, 3.8) is 0 Å². The zero-order valence-corrected chi connectivity index (χ0v) is 7.97. The lowest BCUT2D eigenvalue weighted by Gasteiger charge is -2.11. The molecule has 0 amide bonds. The second kappa shape index (κ2) is 4.12. The lowest BCUT2D eigenvalue weighted by atomic mass is 10.2. The number of hydrogen-bond donors (Lipinski definition) is 2. The molecule has 0 bridgehead atoms. The first-order valence-corrected chi connectivity index (χ1v) is 4.39. The molecular weight excluding hydrogens is 167 g/mol. The lowest BCUT2D eigenvalue weighted by Crippen LogP contribution is -2.10. The summed E-state index contributed by atoms with van der Waals surface area (Å²) in [6, 6.07) is 4.69. The summed E-state index contributed by atoms with van der Waals surface area (Å²) >= 11 is 0. The minimum atomic E-state index is -0.291. The Morgan fingerprint density at radius 3 is 2.69 bits per heavy atom. The predicted octanol–water partition coefficient (Wildman–Crippen LogP) is 2.48. The van der Waals surface area contributed by atoms with Crippen LogP contribution in [0.3, 0.4) is 0 Å². The average molecular weight is 182 g/mol. The summed E-state index contributed by atoms with van der Waals surface area (Å²) in [5.41, 5.74) is 6.48. The van der Waals surface area contributed by atoms with E-state index in [0.29, 0.717) is 17.3 Å². The normalized spacial score (nSPS) is 10.5. The Kier molecular flexibility index (Phi) is 3.12. The predicted molar refractivity (Wildman–Crippen MR) is 54.1 cm³/mol. The number of nitrogens with two attached hydrogens (primary N) is 1. The number of anilines is 2. The molecule has 13 heavy (non-hydrogen) atoms. The van der Waals surface area contributed by atoms with Gasteiger partial charge in [0.05, 0.1) is 11.4 Å². The minimum Gasteiger partial charge on any atom is -0.397 e. The molecule has 0 heterocycles. The van der Waals surface area contributed by atoms with Crippen LogP contribution in [0.1, 0.15) is 13.8 Å². The van der Waals surface area contributed by atoms with E-state index < -0.39 is 0 Å². The van der Waals surface area contributed by atoms with Gasteiger partial charge in [0.25, 0.3) is 0 Å². The third kappa shape index (κ3) is 2.61. The summed E-state index contributed by atoms with van der Waals surface area (Å²) in [5, 5.41) is 2.98. The SMILES string of the molecule is CC(C)CNc1c(N)cccc1F. The van der Waals surface area contributed by atoms with Gasteiger partial charge in [0, 0.05) is 6.54 Å². The molecule has 0 aliphatic carbocycles. The van der Waals surface area contributed by atoms with E-state index in [1.807, 2.05) is 0 Å². The largest absolute Gasteiger partial charge is 0.397 e. The smallest absolute Gasteiger partial charge is 0.148 e. The molecular formula is C10H15FN2. The number of halogens is 1. The van der Waals surface area contributed by atoms with E-state index in [4.69, 9.17) is 5.73 Å². The van der Waals surface area contributed by atoms with E-state index in [-0.39, 0.29) is 5.82 Å². The number of nitrogens with one attached hydrogen (secondary N) is 1. The van der Waals surface area contributed by atoms with Crippen molar-refractivity contribution < 1.29 is 4.39 Å². The van der Waals surface area contributed by atoms with Gasteiger partial charge in [-0.25, -0.2) is 4.39 Å². The van der Waals surface area contributed by atoms with Crippen molar-refractivity contribution in [2.75, 3.05) is 17.6 Å². The molecule has 3 N–H and O–H groups in total. The third-order valence-electron chi connectivity index (χ3n) is 1.73. The summed E-state index contributed by atoms with van der Waals surface area (Å²) in [6.07, 6.45) is 0. The molecule has 0 atom stereocenters. The number of nitrogen functional groups attached to an aromatic ring is 1. The Labute approximate surface area is 77.9 Å². The van der Waals surface area contributed by atoms with Gasteiger partial charge in [-0.1, -0.05) is 19.9 Å². The lowest BCUT2D eigenvalue weighted by molar-refractivity contribution is 0.624. The van der Waals surface area contributed by atoms with Crippen LogP contribution in [0, 0.1) is 11.7 Å². The molecule has 0 aromatic heterocycles. The Morgan fingerprint density at radius 2 is 2.15 bits per heavy atom. The number of para-hydroxylation sites is 1. The fourth-order valence-electron chi connectivity index (χ4n) is 1.03. The first-order chi connectivity index (χ1) is 6.11. The van der Waals surface area contributed by atoms with Crippen LogP contribution < -0.4 is 11.1 Å². The fraction of sp³-hybridized carbons (Fsp3) is 0.400. The molecule has 0 fully saturated rings. The van der Waals surface area contributed by atoms with Crippen LogP contribution in [0.15, 0.2) is 18.2 Å². The van der Waals surface area contributed by atoms with Gasteiger partial charge in [-0.2, -0.15) is 0 Å². The Hall–Kier alpha value is -1.25. The van der Waals surface area contributed by atoms with Crippen molar-refractivity contribution in [2.24, 2.45) is 5.92 Å². The minimum absolute atomic E-state index is 0.291. The van der Waals surface area contributed by atoms with Gasteiger partial charge in [-0.3, -0.25) is 0 Å². The maximum absolute atomic E-state index is 13.2. The van der Waals surface area contributed by atoms with Crippen molar-refractivity contribution >= 4 is 11.4 Å². The van der Waals surface area contributed by atoms with Crippen molar-refractivity contribution in [1.82, 2.24) is 0 Å². The van der Waals surface area contributed by atoms with Crippen molar-refractivity contribution in [3.05, 3.63) is 24.0 Å². The van der Waals surface area contributed by atoms with Gasteiger partial charge in [-0.15, -0.1) is 0 Å². The molecule has 72 valence electrons. The van der Waals surface area contributed by atoms with E-state index in [1.54, 1.807) is 12.1 Å². The van der Waals surface area contributed by atoms with Crippen LogP contribution in [0.5, 0.6) is 0 Å². The molecule has 1 aromatic rings. The maximum atomic E-state index is 13.2. The molecule has 0 aliphatic heterocycles. The first kappa shape index (κ1) is 9.84. The molecule has 0 unspecified atom stereocenters. The van der Waals surface area contributed by atoms with Gasteiger partial charge in [0.2, 0.25) is 0 Å². The monoisotopic (exact) mass is 182 g/mol. The molecule has 0 saturated carbocycles. The summed E-state index contributed by atoms with van der Waals surface area (Å²) in [7, 11) is 0. The highest BCUT2D eigenvalue weighted by molar-refractivity contribution is 5.66. The van der Waals surface area contributed by atoms with Crippen LogP contribution >= 0.6 is 0 Å². The summed E-state index contributed by atoms with van der Waals surface area (Å²) in [4.78, 5) is 0. The topological polar surface area (TPSA) is 38.0 Å². The van der Waals surface area contributed by atoms with E-state index in [1.165, 1.54) is 6.07 Å². The van der Waals surface area contributed by atoms with Crippen LogP contribution in [0.4, 0.5) is 15.8 Å². The van der Waals surface area contributed by atoms with Crippen LogP contribution in [-0.2, 0) is 0 Å². The molecule has 0 aliphatic rings. The highest BCUT2D eigenvalue weighted by Gasteiger charge is 2.04. The van der Waals surface area contributed by atoms with E-state index in [2.05, 4.69) is 19.2 Å². The fourth-order valence-corrected chi connectivity index (χ4v) is 1.03. The molecule has 2 nitrogen and oxygen atoms in total. The van der Waals surface area contributed by atoms with E-state index >= 15 is 0 Å². The number of hydrogen-bond acceptors (Lipinski definition) is 2. The Balaban J connectivity index is 2.75. The van der Waals surface area contributed by atoms with Gasteiger partial charge in [-0.05, 0) is 18.1 Å². The quantitative estimate of drug-likeness (QED) is 0.705. The second-order valence-electron chi connectivity index (χ2n) is 3.48. The summed E-state index contributed by atoms with van der Waals surface area (Å²) in [6.45, 7) is 4.85. The molecule has 0 saturated heterocycles. The molecule has 0 spiro atoms. The standard InChI is InChI=1S/C10H15FN2/c1-7(2)6-13-10-8(11)4-3-5-9(10)12/h3-5,7,13H,6,12H2,1-2H3. The van der Waals surface area contributed by atoms with Crippen molar-refractivity contribution in [1.29, 1.82) is 0 Å². The molecule has 1 rings (SSSR count). The third-order valence-corrected chi connectivity index (χ3v) is 1.73. The number of benzene rings is 1. The van der Waals surface area contributed by atoms with Gasteiger partial charge in [0.15, 0.2) is 0 Å². The summed E-state index contributed by atoms with van der Waals surface area (Å²) < 4.78 is 13.2. The molecule has 0 radical (unpaired) electrons. The Bertz CT molecular complexity index is 264. The van der Waals surface area contributed by atoms with Crippen molar-refractivity contribution in [3.8, 4) is 0 Å². The van der Waals surface area contributed by atoms with Crippen LogP contribution in [-0.4, -0.2) is 6.54 Å². The van der Waals surface area contributed by atoms with Gasteiger partial charge < -0.3 is 11.1 Å². The summed E-state index contributed by atoms with van der Waals surface area (Å²) in [5.74, 6) is 0.180. The van der Waals surface area contributed by atoms with Gasteiger partial charge >= 0.3 is 0 Å². The van der Waals surface area contributed by atoms with Crippen molar-refractivity contribution in [2.45, 2.75) is 13.8 Å². The zero-order valence-electron chi connectivity index (χ0n) is 7.97. The second-order valence-corrected chi connectivity index (χ2v) is 3.48. The van der Waals surface area contributed by atoms with Crippen LogP contribution in [0.2, 0.25) is 0 Å². The molecule has 1 aromatic carbocycles. The number of rotatable bonds is 3. The Morgan fingerprint density at radius 1 is 1.46 bits per heavy atom. The van der Waals surface area contributed by atoms with Crippen LogP contribution in [0.25, 0.3) is 0 Å². The average Bonchev–Trinajstić information content (AvgIpc) is 2.03. The van der Waals surface area contributed by atoms with Gasteiger partial charge in [0.1, 0.15) is 5.82 Å². The highest BCUT2D eigenvalue weighted by Crippen LogP contribution is 2.21. The highest BCUT2D eigenvalue weighted by atomic mass is 19.1. The zero-order chi connectivity index (χ0) is 9.84. The van der Waals surface area contributed by atoms with E-state index in [0.717, 1.165) is 6.54 Å². The van der Waals surface area contributed by atoms with E-state index in [9.17, 15) is 4.39 Å². The molecule has 3 heteroatoms. The first-order valence-electron chi connectivity index (χ1n) is 4.39. The maximum Gasteiger partial charge on any atom is 0.148 e.